The fourth-order valence-corrected chi connectivity index (χ4v) is 2.67. The van der Waals surface area contributed by atoms with Crippen LogP contribution < -0.4 is 10.6 Å². The van der Waals surface area contributed by atoms with Gasteiger partial charge in [0, 0.05) is 23.8 Å². The van der Waals surface area contributed by atoms with Gasteiger partial charge < -0.3 is 10.6 Å². The van der Waals surface area contributed by atoms with E-state index in [1.54, 1.807) is 24.2 Å². The first-order chi connectivity index (χ1) is 8.36. The van der Waals surface area contributed by atoms with Gasteiger partial charge in [0.25, 0.3) is 0 Å². The second kappa shape index (κ2) is 5.56. The van der Waals surface area contributed by atoms with Crippen LogP contribution in [0.15, 0.2) is 40.5 Å². The quantitative estimate of drug-likeness (QED) is 0.756. The van der Waals surface area contributed by atoms with Crippen molar-refractivity contribution in [1.82, 2.24) is 15.3 Å². The lowest BCUT2D eigenvalue weighted by atomic mass is 10.2. The predicted molar refractivity (Wildman–Crippen MR) is 75.9 cm³/mol. The highest BCUT2D eigenvalue weighted by Gasteiger charge is 2.17. The number of hydrogen-bond acceptors (Lipinski definition) is 5. The summed E-state index contributed by atoms with van der Waals surface area (Å²) in [5.41, 5.74) is 2.36. The third-order valence-electron chi connectivity index (χ3n) is 2.55. The van der Waals surface area contributed by atoms with Gasteiger partial charge in [0.15, 0.2) is 5.82 Å². The first-order valence-corrected chi connectivity index (χ1v) is 6.22. The van der Waals surface area contributed by atoms with E-state index in [0.717, 1.165) is 23.1 Å². The second-order valence-electron chi connectivity index (χ2n) is 3.80. The Balaban J connectivity index is 0.00000120. The maximum absolute atomic E-state index is 4.30. The Kier molecular flexibility index (Phi) is 4.06. The van der Waals surface area contributed by atoms with Gasteiger partial charge in [0.05, 0.1) is 5.69 Å². The molecule has 0 amide bonds. The van der Waals surface area contributed by atoms with E-state index in [-0.39, 0.29) is 12.4 Å². The van der Waals surface area contributed by atoms with Gasteiger partial charge in [0.2, 0.25) is 0 Å². The zero-order valence-electron chi connectivity index (χ0n) is 9.80. The van der Waals surface area contributed by atoms with Crippen LogP contribution in [0.1, 0.15) is 5.56 Å². The molecular weight excluding hydrogens is 268 g/mol. The summed E-state index contributed by atoms with van der Waals surface area (Å²) in [6.45, 7) is 0.868. The van der Waals surface area contributed by atoms with Crippen LogP contribution in [-0.2, 0) is 6.54 Å². The maximum atomic E-state index is 4.30. The first kappa shape index (κ1) is 13.1. The zero-order chi connectivity index (χ0) is 11.7. The van der Waals surface area contributed by atoms with Gasteiger partial charge in [-0.15, -0.1) is 12.4 Å². The molecule has 94 valence electrons. The second-order valence-corrected chi connectivity index (χ2v) is 4.83. The average molecular weight is 281 g/mol. The normalized spacial score (nSPS) is 11.8. The highest BCUT2D eigenvalue weighted by Crippen LogP contribution is 2.41. The molecule has 1 aliphatic rings. The Bertz CT molecular complexity index is 562. The molecule has 0 fully saturated rings. The minimum absolute atomic E-state index is 0. The van der Waals surface area contributed by atoms with Crippen molar-refractivity contribution in [1.29, 1.82) is 0 Å². The minimum Gasteiger partial charge on any atom is -0.337 e. The summed E-state index contributed by atoms with van der Waals surface area (Å²) in [7, 11) is 1.95. The summed E-state index contributed by atoms with van der Waals surface area (Å²) < 4.78 is 0. The molecule has 3 rings (SSSR count). The monoisotopic (exact) mass is 280 g/mol. The summed E-state index contributed by atoms with van der Waals surface area (Å²) in [6.07, 6.45) is 3.42. The molecule has 4 nitrogen and oxygen atoms in total. The third kappa shape index (κ3) is 2.43. The molecule has 0 unspecified atom stereocenters. The van der Waals surface area contributed by atoms with Gasteiger partial charge in [-0.1, -0.05) is 17.8 Å². The van der Waals surface area contributed by atoms with Gasteiger partial charge in [-0.2, -0.15) is 0 Å². The molecule has 2 N–H and O–H groups in total. The van der Waals surface area contributed by atoms with Crippen molar-refractivity contribution in [2.75, 3.05) is 12.4 Å². The molecule has 6 heteroatoms. The molecule has 0 atom stereocenters. The van der Waals surface area contributed by atoms with E-state index < -0.39 is 0 Å². The third-order valence-corrected chi connectivity index (χ3v) is 3.62. The molecule has 0 bridgehead atoms. The molecule has 1 aromatic carbocycles. The number of aromatic nitrogens is 2. The summed E-state index contributed by atoms with van der Waals surface area (Å²) in [5.74, 6) is 0.839. The van der Waals surface area contributed by atoms with Gasteiger partial charge in [-0.25, -0.2) is 9.97 Å². The number of benzene rings is 1. The van der Waals surface area contributed by atoms with Gasteiger partial charge in [0.1, 0.15) is 5.03 Å². The van der Waals surface area contributed by atoms with E-state index in [4.69, 9.17) is 0 Å². The molecule has 18 heavy (non-hydrogen) atoms. The van der Waals surface area contributed by atoms with E-state index in [1.807, 2.05) is 7.05 Å². The Hall–Kier alpha value is -1.30. The van der Waals surface area contributed by atoms with Crippen LogP contribution in [0.2, 0.25) is 0 Å². The van der Waals surface area contributed by atoms with E-state index in [0.29, 0.717) is 0 Å². The molecule has 0 radical (unpaired) electrons. The highest BCUT2D eigenvalue weighted by atomic mass is 35.5. The van der Waals surface area contributed by atoms with Crippen molar-refractivity contribution in [3.05, 3.63) is 36.2 Å². The molecule has 0 saturated carbocycles. The van der Waals surface area contributed by atoms with Crippen LogP contribution in [-0.4, -0.2) is 17.0 Å². The van der Waals surface area contributed by atoms with Crippen molar-refractivity contribution in [2.24, 2.45) is 0 Å². The smallest absolute Gasteiger partial charge is 0.163 e. The topological polar surface area (TPSA) is 49.8 Å². The zero-order valence-corrected chi connectivity index (χ0v) is 11.4. The lowest BCUT2D eigenvalue weighted by molar-refractivity contribution is 0.817. The van der Waals surface area contributed by atoms with Crippen molar-refractivity contribution in [2.45, 2.75) is 16.5 Å². The van der Waals surface area contributed by atoms with Crippen molar-refractivity contribution in [3.63, 3.8) is 0 Å². The van der Waals surface area contributed by atoms with Crippen molar-refractivity contribution >= 4 is 35.7 Å². The lowest BCUT2D eigenvalue weighted by Crippen LogP contribution is -2.07. The number of hydrogen-bond donors (Lipinski definition) is 2. The Morgan fingerprint density at radius 1 is 1.28 bits per heavy atom. The molecular formula is C12H13ClN4S. The molecule has 0 spiro atoms. The van der Waals surface area contributed by atoms with Crippen LogP contribution in [0.5, 0.6) is 0 Å². The van der Waals surface area contributed by atoms with E-state index in [9.17, 15) is 0 Å². The predicted octanol–water partition coefficient (Wildman–Crippen LogP) is 2.83. The number of nitrogens with one attached hydrogen (secondary N) is 2. The highest BCUT2D eigenvalue weighted by molar-refractivity contribution is 7.99. The average Bonchev–Trinajstić information content (AvgIpc) is 2.36. The number of nitrogens with zero attached hydrogens (tertiary/aromatic N) is 2. The summed E-state index contributed by atoms with van der Waals surface area (Å²) in [4.78, 5) is 9.78. The largest absolute Gasteiger partial charge is 0.337 e. The fraction of sp³-hybridized carbons (Fsp3) is 0.167. The van der Waals surface area contributed by atoms with Crippen molar-refractivity contribution in [3.8, 4) is 0 Å². The first-order valence-electron chi connectivity index (χ1n) is 5.40. The van der Waals surface area contributed by atoms with Crippen LogP contribution in [0.3, 0.4) is 0 Å². The molecule has 2 aromatic rings. The van der Waals surface area contributed by atoms with Crippen LogP contribution in [0.25, 0.3) is 0 Å². The minimum atomic E-state index is 0. The molecule has 0 saturated heterocycles. The number of fused-ring (bicyclic) bond motifs is 2. The standard InChI is InChI=1S/C12H12N4S.ClH/c1-13-7-8-2-3-10-9(6-8)16-11-12(17-10)15-5-4-14-11;/h2-6,13H,7H2,1H3,(H,14,16);1H. The van der Waals surface area contributed by atoms with Crippen LogP contribution in [0.4, 0.5) is 11.5 Å². The number of halogens is 1. The van der Waals surface area contributed by atoms with Gasteiger partial charge in [-0.3, -0.25) is 0 Å². The molecule has 1 aliphatic heterocycles. The van der Waals surface area contributed by atoms with Gasteiger partial charge in [-0.05, 0) is 24.7 Å². The van der Waals surface area contributed by atoms with E-state index >= 15 is 0 Å². The number of anilines is 2. The maximum Gasteiger partial charge on any atom is 0.163 e. The SMILES string of the molecule is CNCc1ccc2c(c1)Nc1nccnc1S2.Cl. The summed E-state index contributed by atoms with van der Waals surface area (Å²) in [6, 6.07) is 6.40. The van der Waals surface area contributed by atoms with E-state index in [1.165, 1.54) is 10.5 Å². The Morgan fingerprint density at radius 3 is 2.94 bits per heavy atom. The van der Waals surface area contributed by atoms with E-state index in [2.05, 4.69) is 38.8 Å². The number of rotatable bonds is 2. The summed E-state index contributed by atoms with van der Waals surface area (Å²) >= 11 is 1.65. The van der Waals surface area contributed by atoms with Crippen LogP contribution in [0, 0.1) is 0 Å². The van der Waals surface area contributed by atoms with Crippen molar-refractivity contribution < 1.29 is 0 Å². The lowest BCUT2D eigenvalue weighted by Gasteiger charge is -2.19. The van der Waals surface area contributed by atoms with Crippen LogP contribution >= 0.6 is 24.2 Å². The Morgan fingerprint density at radius 2 is 2.11 bits per heavy atom. The fourth-order valence-electron chi connectivity index (χ4n) is 1.80. The molecule has 0 aliphatic carbocycles. The molecule has 2 heterocycles. The summed E-state index contributed by atoms with van der Waals surface area (Å²) in [5, 5.41) is 7.40. The molecule has 1 aromatic heterocycles. The van der Waals surface area contributed by atoms with Gasteiger partial charge >= 0.3 is 0 Å². The Labute approximate surface area is 116 Å².